The minimum Gasteiger partial charge on any atom is -0.464 e. The highest BCUT2D eigenvalue weighted by Gasteiger charge is 2.33. The van der Waals surface area contributed by atoms with Crippen LogP contribution in [0.2, 0.25) is 0 Å². The third kappa shape index (κ3) is 4.24. The highest BCUT2D eigenvalue weighted by molar-refractivity contribution is 9.10. The summed E-state index contributed by atoms with van der Waals surface area (Å²) in [6.45, 7) is 0. The van der Waals surface area contributed by atoms with Crippen molar-refractivity contribution >= 4 is 27.6 Å². The quantitative estimate of drug-likeness (QED) is 0.362. The lowest BCUT2D eigenvalue weighted by molar-refractivity contribution is -0.138. The smallest absolute Gasteiger partial charge is 0.416 e. The third-order valence-corrected chi connectivity index (χ3v) is 4.75. The normalized spacial score (nSPS) is 11.2. The first kappa shape index (κ1) is 23.1. The van der Waals surface area contributed by atoms with Gasteiger partial charge in [0, 0.05) is 10.7 Å². The lowest BCUT2D eigenvalue weighted by Crippen LogP contribution is -2.12. The molecule has 0 saturated heterocycles. The Balaban J connectivity index is 2.19. The van der Waals surface area contributed by atoms with Crippen LogP contribution in [0.15, 0.2) is 41.0 Å². The SMILES string of the molecule is COC(=O)c1c(N)c(C#N)cn1-c1cc(Br)ccc1Oc1c(F)cc(C(F)(F)F)cc1F. The van der Waals surface area contributed by atoms with Crippen LogP contribution in [-0.4, -0.2) is 17.6 Å². The Morgan fingerprint density at radius 3 is 2.34 bits per heavy atom. The first-order chi connectivity index (χ1) is 15.0. The summed E-state index contributed by atoms with van der Waals surface area (Å²) >= 11 is 3.21. The van der Waals surface area contributed by atoms with E-state index in [1.807, 2.05) is 0 Å². The summed E-state index contributed by atoms with van der Waals surface area (Å²) in [6.07, 6.45) is -3.79. The number of carbonyl (C=O) groups excluding carboxylic acids is 1. The average Bonchev–Trinajstić information content (AvgIpc) is 3.06. The fourth-order valence-corrected chi connectivity index (χ4v) is 3.15. The summed E-state index contributed by atoms with van der Waals surface area (Å²) in [5.74, 6) is -5.45. The number of ether oxygens (including phenoxy) is 2. The number of halogens is 6. The van der Waals surface area contributed by atoms with Crippen LogP contribution in [0.3, 0.4) is 0 Å². The Bertz CT molecular complexity index is 1240. The number of aromatic nitrogens is 1. The Labute approximate surface area is 185 Å². The zero-order chi connectivity index (χ0) is 23.8. The molecule has 0 saturated carbocycles. The molecule has 32 heavy (non-hydrogen) atoms. The van der Waals surface area contributed by atoms with Gasteiger partial charge >= 0.3 is 12.1 Å². The topological polar surface area (TPSA) is 90.3 Å². The molecule has 1 aromatic heterocycles. The number of nitrogens with zero attached hydrogens (tertiary/aromatic N) is 2. The number of anilines is 1. The maximum absolute atomic E-state index is 14.3. The van der Waals surface area contributed by atoms with Crippen LogP contribution in [0, 0.1) is 23.0 Å². The highest BCUT2D eigenvalue weighted by atomic mass is 79.9. The van der Waals surface area contributed by atoms with Crippen molar-refractivity contribution in [1.82, 2.24) is 4.57 Å². The predicted octanol–water partition coefficient (Wildman–Crippen LogP) is 5.57. The molecule has 0 radical (unpaired) electrons. The number of carbonyl (C=O) groups is 1. The molecule has 0 aliphatic heterocycles. The zero-order valence-corrected chi connectivity index (χ0v) is 17.5. The summed E-state index contributed by atoms with van der Waals surface area (Å²) in [6, 6.07) is 6.04. The second-order valence-electron chi connectivity index (χ2n) is 6.26. The average molecular weight is 516 g/mol. The summed E-state index contributed by atoms with van der Waals surface area (Å²) in [4.78, 5) is 12.2. The highest BCUT2D eigenvalue weighted by Crippen LogP contribution is 2.38. The van der Waals surface area contributed by atoms with E-state index in [1.165, 1.54) is 24.4 Å². The maximum Gasteiger partial charge on any atom is 0.416 e. The van der Waals surface area contributed by atoms with Gasteiger partial charge in [-0.15, -0.1) is 0 Å². The van der Waals surface area contributed by atoms with E-state index in [9.17, 15) is 32.0 Å². The van der Waals surface area contributed by atoms with Crippen molar-refractivity contribution in [1.29, 1.82) is 5.26 Å². The van der Waals surface area contributed by atoms with Gasteiger partial charge in [0.2, 0.25) is 0 Å². The van der Waals surface area contributed by atoms with Crippen LogP contribution >= 0.6 is 15.9 Å². The van der Waals surface area contributed by atoms with E-state index in [1.54, 1.807) is 6.07 Å². The molecule has 2 aromatic carbocycles. The van der Waals surface area contributed by atoms with Crippen LogP contribution in [0.4, 0.5) is 27.6 Å². The van der Waals surface area contributed by atoms with E-state index >= 15 is 0 Å². The second kappa shape index (κ2) is 8.51. The van der Waals surface area contributed by atoms with Gasteiger partial charge < -0.3 is 19.8 Å². The molecular formula is C20H11BrF5N3O3. The van der Waals surface area contributed by atoms with Crippen LogP contribution in [0.1, 0.15) is 21.6 Å². The number of hydrogen-bond donors (Lipinski definition) is 1. The standard InChI is InChI=1S/C20H11BrF5N3O3/c1-31-19(30)17-16(28)9(7-27)8-29(17)14-6-11(21)2-3-15(14)32-18-12(22)4-10(5-13(18)23)20(24,25)26/h2-6,8H,28H2,1H3. The second-order valence-corrected chi connectivity index (χ2v) is 7.18. The molecule has 0 fully saturated rings. The van der Waals surface area contributed by atoms with Crippen molar-refractivity contribution < 1.29 is 36.2 Å². The van der Waals surface area contributed by atoms with Gasteiger partial charge in [0.25, 0.3) is 0 Å². The number of rotatable bonds is 4. The molecule has 0 amide bonds. The first-order valence-electron chi connectivity index (χ1n) is 8.51. The van der Waals surface area contributed by atoms with E-state index < -0.39 is 35.1 Å². The lowest BCUT2D eigenvalue weighted by atomic mass is 10.2. The minimum absolute atomic E-state index is 0.00771. The number of methoxy groups -OCH3 is 1. The predicted molar refractivity (Wildman–Crippen MR) is 105 cm³/mol. The minimum atomic E-state index is -4.96. The molecule has 166 valence electrons. The van der Waals surface area contributed by atoms with Crippen LogP contribution in [-0.2, 0) is 10.9 Å². The van der Waals surface area contributed by atoms with E-state index in [-0.39, 0.29) is 40.5 Å². The number of alkyl halides is 3. The molecule has 0 spiro atoms. The summed E-state index contributed by atoms with van der Waals surface area (Å²) in [7, 11) is 1.08. The fraction of sp³-hybridized carbons (Fsp3) is 0.100. The molecule has 0 aliphatic rings. The first-order valence-corrected chi connectivity index (χ1v) is 9.30. The molecular weight excluding hydrogens is 505 g/mol. The van der Waals surface area contributed by atoms with Crippen LogP contribution < -0.4 is 10.5 Å². The lowest BCUT2D eigenvalue weighted by Gasteiger charge is -2.16. The molecule has 0 unspecified atom stereocenters. The third-order valence-electron chi connectivity index (χ3n) is 4.26. The molecule has 0 atom stereocenters. The van der Waals surface area contributed by atoms with Crippen LogP contribution in [0.25, 0.3) is 5.69 Å². The maximum atomic E-state index is 14.3. The van der Waals surface area contributed by atoms with E-state index in [0.717, 1.165) is 11.7 Å². The summed E-state index contributed by atoms with van der Waals surface area (Å²) < 4.78 is 78.5. The zero-order valence-electron chi connectivity index (χ0n) is 15.9. The molecule has 1 heterocycles. The Morgan fingerprint density at radius 2 is 1.81 bits per heavy atom. The van der Waals surface area contributed by atoms with Crippen molar-refractivity contribution in [2.45, 2.75) is 6.18 Å². The van der Waals surface area contributed by atoms with Crippen molar-refractivity contribution in [2.75, 3.05) is 12.8 Å². The molecule has 3 aromatic rings. The van der Waals surface area contributed by atoms with Gasteiger partial charge in [-0.2, -0.15) is 18.4 Å². The van der Waals surface area contributed by atoms with Crippen molar-refractivity contribution in [3.63, 3.8) is 0 Å². The molecule has 6 nitrogen and oxygen atoms in total. The summed E-state index contributed by atoms with van der Waals surface area (Å²) in [5.41, 5.74) is 3.75. The van der Waals surface area contributed by atoms with E-state index in [2.05, 4.69) is 20.7 Å². The number of nitrogens with two attached hydrogens (primary N) is 1. The molecule has 12 heteroatoms. The number of hydrogen-bond acceptors (Lipinski definition) is 5. The number of nitriles is 1. The van der Waals surface area contributed by atoms with Crippen molar-refractivity contribution in [2.24, 2.45) is 0 Å². The number of benzene rings is 2. The van der Waals surface area contributed by atoms with Gasteiger partial charge in [-0.3, -0.25) is 0 Å². The van der Waals surface area contributed by atoms with Crippen LogP contribution in [0.5, 0.6) is 11.5 Å². The molecule has 0 aliphatic carbocycles. The van der Waals surface area contributed by atoms with Gasteiger partial charge in [-0.05, 0) is 30.3 Å². The fourth-order valence-electron chi connectivity index (χ4n) is 2.80. The number of esters is 1. The Kier molecular flexibility index (Phi) is 6.13. The van der Waals surface area contributed by atoms with Crippen molar-refractivity contribution in [3.8, 4) is 23.3 Å². The Hall–Kier alpha value is -3.59. The molecule has 3 rings (SSSR count). The molecule has 2 N–H and O–H groups in total. The molecule has 0 bridgehead atoms. The van der Waals surface area contributed by atoms with E-state index in [0.29, 0.717) is 4.47 Å². The van der Waals surface area contributed by atoms with Gasteiger partial charge in [0.15, 0.2) is 28.8 Å². The number of nitrogen functional groups attached to an aromatic ring is 1. The monoisotopic (exact) mass is 515 g/mol. The van der Waals surface area contributed by atoms with Gasteiger partial charge in [-0.25, -0.2) is 13.6 Å². The van der Waals surface area contributed by atoms with Gasteiger partial charge in [0.1, 0.15) is 6.07 Å². The van der Waals surface area contributed by atoms with Gasteiger partial charge in [-0.1, -0.05) is 15.9 Å². The largest absolute Gasteiger partial charge is 0.464 e. The van der Waals surface area contributed by atoms with Gasteiger partial charge in [0.05, 0.1) is 29.6 Å². The van der Waals surface area contributed by atoms with Crippen molar-refractivity contribution in [3.05, 3.63) is 69.5 Å². The summed E-state index contributed by atoms with van der Waals surface area (Å²) in [5, 5.41) is 9.25. The Morgan fingerprint density at radius 1 is 1.19 bits per heavy atom. The van der Waals surface area contributed by atoms with E-state index in [4.69, 9.17) is 10.5 Å².